The molecule has 2 N–H and O–H groups in total. The van der Waals surface area contributed by atoms with Gasteiger partial charge in [0.1, 0.15) is 0 Å². The number of ether oxygens (including phenoxy) is 2. The zero-order valence-corrected chi connectivity index (χ0v) is 9.99. The number of rotatable bonds is 6. The molecule has 0 saturated heterocycles. The second kappa shape index (κ2) is 6.10. The van der Waals surface area contributed by atoms with Crippen molar-refractivity contribution in [2.24, 2.45) is 5.73 Å². The van der Waals surface area contributed by atoms with E-state index >= 15 is 0 Å². The summed E-state index contributed by atoms with van der Waals surface area (Å²) in [4.78, 5) is 21.3. The van der Waals surface area contributed by atoms with Gasteiger partial charge in [0.05, 0.1) is 11.6 Å². The number of benzene rings is 1. The van der Waals surface area contributed by atoms with Crippen LogP contribution in [-0.2, 0) is 4.79 Å². The maximum absolute atomic E-state index is 10.7. The van der Waals surface area contributed by atoms with Crippen LogP contribution in [0.1, 0.15) is 17.3 Å². The van der Waals surface area contributed by atoms with Crippen molar-refractivity contribution < 1.29 is 19.1 Å². The number of aldehydes is 1. The molecule has 0 heterocycles. The monoisotopic (exact) mass is 257 g/mol. The van der Waals surface area contributed by atoms with E-state index in [9.17, 15) is 9.59 Å². The average molecular weight is 258 g/mol. The van der Waals surface area contributed by atoms with Crippen molar-refractivity contribution in [1.82, 2.24) is 0 Å². The molecule has 1 aromatic rings. The second-order valence-electron chi connectivity index (χ2n) is 3.13. The summed E-state index contributed by atoms with van der Waals surface area (Å²) in [5, 5.41) is 0.225. The van der Waals surface area contributed by atoms with Crippen LogP contribution in [0.2, 0.25) is 5.02 Å². The third-order valence-electron chi connectivity index (χ3n) is 1.86. The molecule has 1 aromatic carbocycles. The van der Waals surface area contributed by atoms with Crippen LogP contribution in [0.5, 0.6) is 11.5 Å². The molecular formula is C11H12ClNO4. The van der Waals surface area contributed by atoms with Gasteiger partial charge in [-0.3, -0.25) is 9.59 Å². The van der Waals surface area contributed by atoms with E-state index in [1.165, 1.54) is 12.1 Å². The summed E-state index contributed by atoms with van der Waals surface area (Å²) < 4.78 is 10.4. The topological polar surface area (TPSA) is 78.6 Å². The minimum absolute atomic E-state index is 0.225. The van der Waals surface area contributed by atoms with Crippen LogP contribution in [0.4, 0.5) is 0 Å². The van der Waals surface area contributed by atoms with Crippen molar-refractivity contribution in [1.29, 1.82) is 0 Å². The minimum Gasteiger partial charge on any atom is -0.490 e. The molecule has 0 spiro atoms. The molecule has 0 aliphatic carbocycles. The predicted octanol–water partition coefficient (Wildman–Crippen LogP) is 1.42. The van der Waals surface area contributed by atoms with Gasteiger partial charge in [0.2, 0.25) is 0 Å². The van der Waals surface area contributed by atoms with E-state index < -0.39 is 5.91 Å². The van der Waals surface area contributed by atoms with Gasteiger partial charge in [-0.1, -0.05) is 11.6 Å². The lowest BCUT2D eigenvalue weighted by atomic mass is 10.2. The number of carbonyl (C=O) groups is 2. The highest BCUT2D eigenvalue weighted by molar-refractivity contribution is 6.33. The third-order valence-corrected chi connectivity index (χ3v) is 2.19. The number of halogens is 1. The van der Waals surface area contributed by atoms with Gasteiger partial charge in [-0.15, -0.1) is 0 Å². The van der Waals surface area contributed by atoms with Gasteiger partial charge in [-0.2, -0.15) is 0 Å². The fourth-order valence-electron chi connectivity index (χ4n) is 1.17. The van der Waals surface area contributed by atoms with E-state index in [0.717, 1.165) is 0 Å². The van der Waals surface area contributed by atoms with Crippen molar-refractivity contribution in [3.8, 4) is 11.5 Å². The molecule has 0 aliphatic heterocycles. The van der Waals surface area contributed by atoms with Crippen LogP contribution in [0.25, 0.3) is 0 Å². The number of hydrogen-bond acceptors (Lipinski definition) is 4. The normalized spacial score (nSPS) is 9.76. The van der Waals surface area contributed by atoms with E-state index in [4.69, 9.17) is 26.8 Å². The fraction of sp³-hybridized carbons (Fsp3) is 0.273. The molecule has 0 saturated carbocycles. The van der Waals surface area contributed by atoms with Crippen LogP contribution in [-0.4, -0.2) is 25.4 Å². The lowest BCUT2D eigenvalue weighted by Crippen LogP contribution is -2.20. The third kappa shape index (κ3) is 3.64. The Kier molecular flexibility index (Phi) is 4.78. The molecular weight excluding hydrogens is 246 g/mol. The number of carbonyl (C=O) groups excluding carboxylic acids is 2. The highest BCUT2D eigenvalue weighted by Gasteiger charge is 2.11. The Labute approximate surface area is 103 Å². The first-order valence-corrected chi connectivity index (χ1v) is 5.29. The van der Waals surface area contributed by atoms with Gasteiger partial charge in [0.25, 0.3) is 5.91 Å². The van der Waals surface area contributed by atoms with Crippen molar-refractivity contribution in [2.45, 2.75) is 6.92 Å². The minimum atomic E-state index is -0.608. The van der Waals surface area contributed by atoms with Crippen molar-refractivity contribution >= 4 is 23.8 Å². The Balaban J connectivity index is 3.03. The molecule has 0 bridgehead atoms. The van der Waals surface area contributed by atoms with Gasteiger partial charge in [0.15, 0.2) is 24.4 Å². The quantitative estimate of drug-likeness (QED) is 0.782. The highest BCUT2D eigenvalue weighted by Crippen LogP contribution is 2.32. The number of primary amides is 1. The Bertz CT molecular complexity index is 434. The summed E-state index contributed by atoms with van der Waals surface area (Å²) in [5.41, 5.74) is 5.26. The molecule has 0 radical (unpaired) electrons. The van der Waals surface area contributed by atoms with E-state index in [2.05, 4.69) is 0 Å². The van der Waals surface area contributed by atoms with Crippen LogP contribution < -0.4 is 15.2 Å². The molecule has 17 heavy (non-hydrogen) atoms. The Morgan fingerprint density at radius 3 is 2.59 bits per heavy atom. The van der Waals surface area contributed by atoms with Gasteiger partial charge in [-0.25, -0.2) is 0 Å². The number of nitrogens with two attached hydrogens (primary N) is 1. The van der Waals surface area contributed by atoms with E-state index in [-0.39, 0.29) is 17.4 Å². The summed E-state index contributed by atoms with van der Waals surface area (Å²) in [5.74, 6) is 0.0181. The zero-order valence-electron chi connectivity index (χ0n) is 9.23. The van der Waals surface area contributed by atoms with Gasteiger partial charge in [0, 0.05) is 11.6 Å². The van der Waals surface area contributed by atoms with Crippen molar-refractivity contribution in [3.05, 3.63) is 22.7 Å². The summed E-state index contributed by atoms with van der Waals surface area (Å²) >= 11 is 5.83. The van der Waals surface area contributed by atoms with Gasteiger partial charge in [-0.05, 0) is 13.0 Å². The molecule has 0 unspecified atom stereocenters. The van der Waals surface area contributed by atoms with Crippen LogP contribution in [0, 0.1) is 0 Å². The van der Waals surface area contributed by atoms with E-state index in [1.807, 2.05) is 0 Å². The molecule has 1 rings (SSSR count). The average Bonchev–Trinajstić information content (AvgIpc) is 2.29. The van der Waals surface area contributed by atoms with Crippen LogP contribution in [0.15, 0.2) is 12.1 Å². The Morgan fingerprint density at radius 2 is 2.06 bits per heavy atom. The van der Waals surface area contributed by atoms with Crippen LogP contribution >= 0.6 is 11.6 Å². The lowest BCUT2D eigenvalue weighted by molar-refractivity contribution is -0.119. The molecule has 0 fully saturated rings. The lowest BCUT2D eigenvalue weighted by Gasteiger charge is -2.12. The second-order valence-corrected chi connectivity index (χ2v) is 3.53. The van der Waals surface area contributed by atoms with Crippen molar-refractivity contribution in [2.75, 3.05) is 13.2 Å². The summed E-state index contributed by atoms with van der Waals surface area (Å²) in [6.07, 6.45) is 0.614. The molecule has 92 valence electrons. The molecule has 5 nitrogen and oxygen atoms in total. The smallest absolute Gasteiger partial charge is 0.255 e. The van der Waals surface area contributed by atoms with Crippen molar-refractivity contribution in [3.63, 3.8) is 0 Å². The number of hydrogen-bond donors (Lipinski definition) is 1. The molecule has 1 amide bonds. The summed E-state index contributed by atoms with van der Waals surface area (Å²) in [7, 11) is 0. The van der Waals surface area contributed by atoms with Gasteiger partial charge < -0.3 is 15.2 Å². The fourth-order valence-corrected chi connectivity index (χ4v) is 1.37. The molecule has 6 heteroatoms. The van der Waals surface area contributed by atoms with E-state index in [0.29, 0.717) is 24.2 Å². The molecule has 0 aliphatic rings. The number of amides is 1. The predicted molar refractivity (Wildman–Crippen MR) is 62.7 cm³/mol. The molecule has 0 atom stereocenters. The first kappa shape index (κ1) is 13.3. The highest BCUT2D eigenvalue weighted by atomic mass is 35.5. The summed E-state index contributed by atoms with van der Waals surface area (Å²) in [6.45, 7) is 1.90. The largest absolute Gasteiger partial charge is 0.490 e. The maximum Gasteiger partial charge on any atom is 0.255 e. The van der Waals surface area contributed by atoms with E-state index in [1.54, 1.807) is 6.92 Å². The maximum atomic E-state index is 10.7. The Morgan fingerprint density at radius 1 is 1.41 bits per heavy atom. The SMILES string of the molecule is CCOc1cc(C=O)c(Cl)cc1OCC(N)=O. The first-order valence-electron chi connectivity index (χ1n) is 4.91. The summed E-state index contributed by atoms with van der Waals surface area (Å²) in [6, 6.07) is 2.87. The zero-order chi connectivity index (χ0) is 12.8. The molecule has 0 aromatic heterocycles. The van der Waals surface area contributed by atoms with Gasteiger partial charge >= 0.3 is 0 Å². The van der Waals surface area contributed by atoms with Crippen LogP contribution in [0.3, 0.4) is 0 Å². The standard InChI is InChI=1S/C11H12ClNO4/c1-2-16-9-3-7(5-14)8(12)4-10(9)17-6-11(13)15/h3-5H,2,6H2,1H3,(H2,13,15). The Hall–Kier alpha value is -1.75. The first-order chi connectivity index (χ1) is 8.08.